The molecule has 0 fully saturated rings. The summed E-state index contributed by atoms with van der Waals surface area (Å²) in [6.07, 6.45) is 0.653. The highest BCUT2D eigenvalue weighted by Crippen LogP contribution is 2.17. The van der Waals surface area contributed by atoms with Crippen LogP contribution in [0.5, 0.6) is 5.75 Å². The van der Waals surface area contributed by atoms with Gasteiger partial charge in [-0.1, -0.05) is 15.9 Å². The minimum absolute atomic E-state index is 0.0568. The van der Waals surface area contributed by atoms with Crippen molar-refractivity contribution in [3.63, 3.8) is 0 Å². The molecular weight excluding hydrogens is 472 g/mol. The summed E-state index contributed by atoms with van der Waals surface area (Å²) in [5.74, 6) is 0.648. The summed E-state index contributed by atoms with van der Waals surface area (Å²) >= 11 is 9.70. The van der Waals surface area contributed by atoms with E-state index < -0.39 is 6.10 Å². The third kappa shape index (κ3) is 4.64. The van der Waals surface area contributed by atoms with Crippen LogP contribution < -0.4 is 10.3 Å². The molecule has 0 unspecified atom stereocenters. The quantitative estimate of drug-likeness (QED) is 0.711. The van der Waals surface area contributed by atoms with Gasteiger partial charge in [-0.05, 0) is 56.1 Å². The molecule has 1 aromatic heterocycles. The maximum absolute atomic E-state index is 11.9. The van der Waals surface area contributed by atoms with E-state index in [4.69, 9.17) is 4.74 Å². The first-order chi connectivity index (χ1) is 9.97. The molecule has 0 aliphatic heterocycles. The van der Waals surface area contributed by atoms with Crippen molar-refractivity contribution in [3.8, 4) is 5.75 Å². The SMILES string of the molecule is O=c1c(Br)c(Br)cnn1C[C@@H](O)COc1ccc(Br)cc1. The standard InChI is InChI=1S/C13H11Br3N2O3/c14-8-1-3-10(4-2-8)21-7-9(19)6-18-13(20)12(16)11(15)5-17-18/h1-5,9,19H,6-7H2/t9-/m1/s1. The normalized spacial score (nSPS) is 12.2. The van der Waals surface area contributed by atoms with Crippen LogP contribution in [0, 0.1) is 0 Å². The Morgan fingerprint density at radius 1 is 1.24 bits per heavy atom. The van der Waals surface area contributed by atoms with Gasteiger partial charge in [0.25, 0.3) is 5.56 Å². The highest BCUT2D eigenvalue weighted by Gasteiger charge is 2.12. The molecule has 21 heavy (non-hydrogen) atoms. The van der Waals surface area contributed by atoms with Gasteiger partial charge in [0.15, 0.2) is 0 Å². The number of halogens is 3. The van der Waals surface area contributed by atoms with E-state index >= 15 is 0 Å². The number of benzene rings is 1. The number of aliphatic hydroxyl groups is 1. The summed E-state index contributed by atoms with van der Waals surface area (Å²) < 4.78 is 8.54. The smallest absolute Gasteiger partial charge is 0.282 e. The van der Waals surface area contributed by atoms with Crippen molar-refractivity contribution in [1.29, 1.82) is 0 Å². The number of aliphatic hydroxyl groups excluding tert-OH is 1. The van der Waals surface area contributed by atoms with Crippen LogP contribution in [0.25, 0.3) is 0 Å². The fraction of sp³-hybridized carbons (Fsp3) is 0.231. The zero-order chi connectivity index (χ0) is 15.4. The number of hydrogen-bond donors (Lipinski definition) is 1. The van der Waals surface area contributed by atoms with E-state index in [9.17, 15) is 9.90 Å². The molecule has 2 aromatic rings. The molecule has 2 rings (SSSR count). The van der Waals surface area contributed by atoms with Gasteiger partial charge in [0, 0.05) is 4.47 Å². The fourth-order valence-corrected chi connectivity index (χ4v) is 2.38. The first-order valence-corrected chi connectivity index (χ1v) is 8.33. The zero-order valence-corrected chi connectivity index (χ0v) is 15.4. The van der Waals surface area contributed by atoms with Crippen molar-refractivity contribution in [1.82, 2.24) is 9.78 Å². The first-order valence-electron chi connectivity index (χ1n) is 5.95. The van der Waals surface area contributed by atoms with Gasteiger partial charge in [0.05, 0.1) is 17.2 Å². The minimum Gasteiger partial charge on any atom is -0.491 e. The van der Waals surface area contributed by atoms with Crippen molar-refractivity contribution in [2.75, 3.05) is 6.61 Å². The van der Waals surface area contributed by atoms with E-state index in [1.807, 2.05) is 12.1 Å². The van der Waals surface area contributed by atoms with Crippen molar-refractivity contribution in [2.45, 2.75) is 12.6 Å². The maximum atomic E-state index is 11.9. The molecule has 0 spiro atoms. The lowest BCUT2D eigenvalue weighted by atomic mass is 10.3. The molecule has 0 saturated heterocycles. The average molecular weight is 483 g/mol. The van der Waals surface area contributed by atoms with Crippen LogP contribution >= 0.6 is 47.8 Å². The zero-order valence-electron chi connectivity index (χ0n) is 10.7. The van der Waals surface area contributed by atoms with E-state index in [0.29, 0.717) is 14.7 Å². The van der Waals surface area contributed by atoms with Gasteiger partial charge >= 0.3 is 0 Å². The Kier molecular flexibility index (Phi) is 5.98. The molecular formula is C13H11Br3N2O3. The van der Waals surface area contributed by atoms with Crippen LogP contribution in [0.1, 0.15) is 0 Å². The molecule has 5 nitrogen and oxygen atoms in total. The van der Waals surface area contributed by atoms with Gasteiger partial charge in [-0.2, -0.15) is 5.10 Å². The first kappa shape index (κ1) is 16.7. The monoisotopic (exact) mass is 480 g/mol. The van der Waals surface area contributed by atoms with Gasteiger partial charge in [0.2, 0.25) is 0 Å². The second-order valence-electron chi connectivity index (χ2n) is 4.21. The molecule has 0 saturated carbocycles. The Bertz CT molecular complexity index is 673. The van der Waals surface area contributed by atoms with Crippen molar-refractivity contribution >= 4 is 47.8 Å². The lowest BCUT2D eigenvalue weighted by molar-refractivity contribution is 0.0878. The molecule has 8 heteroatoms. The second-order valence-corrected chi connectivity index (χ2v) is 6.78. The Balaban J connectivity index is 1.96. The molecule has 1 aromatic carbocycles. The summed E-state index contributed by atoms with van der Waals surface area (Å²) in [4.78, 5) is 11.9. The fourth-order valence-electron chi connectivity index (χ4n) is 1.55. The molecule has 0 aliphatic carbocycles. The van der Waals surface area contributed by atoms with Crippen LogP contribution in [-0.2, 0) is 6.54 Å². The van der Waals surface area contributed by atoms with Crippen LogP contribution in [0.3, 0.4) is 0 Å². The van der Waals surface area contributed by atoms with Crippen LogP contribution in [0.4, 0.5) is 0 Å². The van der Waals surface area contributed by atoms with E-state index in [2.05, 4.69) is 52.9 Å². The van der Waals surface area contributed by atoms with E-state index in [1.165, 1.54) is 10.9 Å². The molecule has 0 amide bonds. The van der Waals surface area contributed by atoms with Gasteiger partial charge < -0.3 is 9.84 Å². The van der Waals surface area contributed by atoms with Crippen LogP contribution in [0.2, 0.25) is 0 Å². The highest BCUT2D eigenvalue weighted by molar-refractivity contribution is 9.13. The molecule has 0 radical (unpaired) electrons. The van der Waals surface area contributed by atoms with Crippen molar-refractivity contribution in [3.05, 3.63) is 54.2 Å². The molecule has 0 bridgehead atoms. The summed E-state index contributed by atoms with van der Waals surface area (Å²) in [6, 6.07) is 7.27. The molecule has 0 aliphatic rings. The van der Waals surface area contributed by atoms with Crippen molar-refractivity contribution in [2.24, 2.45) is 0 Å². The average Bonchev–Trinajstić information content (AvgIpc) is 2.47. The largest absolute Gasteiger partial charge is 0.491 e. The van der Waals surface area contributed by atoms with E-state index in [-0.39, 0.29) is 18.7 Å². The Hall–Kier alpha value is -0.700. The van der Waals surface area contributed by atoms with E-state index in [1.54, 1.807) is 12.1 Å². The van der Waals surface area contributed by atoms with Crippen LogP contribution in [0.15, 0.2) is 48.7 Å². The maximum Gasteiger partial charge on any atom is 0.282 e. The van der Waals surface area contributed by atoms with Crippen LogP contribution in [-0.4, -0.2) is 27.6 Å². The second kappa shape index (κ2) is 7.53. The Morgan fingerprint density at radius 3 is 2.57 bits per heavy atom. The number of hydrogen-bond acceptors (Lipinski definition) is 4. The van der Waals surface area contributed by atoms with Gasteiger partial charge in [-0.3, -0.25) is 4.79 Å². The number of nitrogens with zero attached hydrogens (tertiary/aromatic N) is 2. The number of rotatable bonds is 5. The lowest BCUT2D eigenvalue weighted by Gasteiger charge is -2.13. The molecule has 1 heterocycles. The lowest BCUT2D eigenvalue weighted by Crippen LogP contribution is -2.32. The highest BCUT2D eigenvalue weighted by atomic mass is 79.9. The topological polar surface area (TPSA) is 64.4 Å². The third-order valence-electron chi connectivity index (χ3n) is 2.58. The number of aromatic nitrogens is 2. The Morgan fingerprint density at radius 2 is 1.90 bits per heavy atom. The minimum atomic E-state index is -0.841. The molecule has 1 atom stereocenters. The summed E-state index contributed by atoms with van der Waals surface area (Å²) in [7, 11) is 0. The molecule has 1 N–H and O–H groups in total. The van der Waals surface area contributed by atoms with E-state index in [0.717, 1.165) is 4.47 Å². The third-order valence-corrected chi connectivity index (χ3v) is 5.01. The molecule has 112 valence electrons. The summed E-state index contributed by atoms with van der Waals surface area (Å²) in [6.45, 7) is 0.130. The predicted octanol–water partition coefficient (Wildman–Crippen LogP) is 2.97. The summed E-state index contributed by atoms with van der Waals surface area (Å²) in [5.41, 5.74) is -0.313. The van der Waals surface area contributed by atoms with Gasteiger partial charge in [0.1, 0.15) is 22.9 Å². The Labute approximate surface area is 146 Å². The summed E-state index contributed by atoms with van der Waals surface area (Å²) in [5, 5.41) is 13.9. The van der Waals surface area contributed by atoms with Gasteiger partial charge in [-0.15, -0.1) is 0 Å². The van der Waals surface area contributed by atoms with Crippen molar-refractivity contribution < 1.29 is 9.84 Å². The number of ether oxygens (including phenoxy) is 1. The van der Waals surface area contributed by atoms with Gasteiger partial charge in [-0.25, -0.2) is 4.68 Å². The predicted molar refractivity (Wildman–Crippen MR) is 89.5 cm³/mol.